The fourth-order valence-electron chi connectivity index (χ4n) is 5.56. The largest absolute Gasteiger partial charge is 0.414 e. The Hall–Kier alpha value is -1.35. The van der Waals surface area contributed by atoms with E-state index in [1.807, 2.05) is 16.8 Å². The minimum absolute atomic E-state index is 0.172. The van der Waals surface area contributed by atoms with Gasteiger partial charge in [0.05, 0.1) is 12.0 Å². The van der Waals surface area contributed by atoms with Crippen LogP contribution in [-0.2, 0) is 17.7 Å². The van der Waals surface area contributed by atoms with Crippen LogP contribution >= 0.6 is 0 Å². The standard InChI is InChI=1S/C23H40N4O5Si2/c1-13(2)33(14(3)4)29-11-18-20(31-34(32-33,15(5)6)16(7)8)19(28)23(30-18)27-10-9-17-21(24)25-12-26-22(17)27/h9-10,12-16,18-20,23,28H,11H2,1-8H3,(H2,24,25,26)/t18-,19-,20-,23?/m1/s1. The Bertz CT molecular complexity index is 998. The highest BCUT2D eigenvalue weighted by Crippen LogP contribution is 2.48. The number of rotatable bonds is 5. The fourth-order valence-corrected chi connectivity index (χ4v) is 16.8. The van der Waals surface area contributed by atoms with Crippen LogP contribution in [0.1, 0.15) is 61.6 Å². The van der Waals surface area contributed by atoms with Crippen molar-refractivity contribution in [1.29, 1.82) is 0 Å². The Morgan fingerprint density at radius 1 is 1.00 bits per heavy atom. The summed E-state index contributed by atoms with van der Waals surface area (Å²) in [4.78, 5) is 8.46. The number of anilines is 1. The van der Waals surface area contributed by atoms with Crippen LogP contribution in [0.15, 0.2) is 18.6 Å². The van der Waals surface area contributed by atoms with Crippen LogP contribution in [0.3, 0.4) is 0 Å². The van der Waals surface area contributed by atoms with Crippen molar-refractivity contribution in [2.45, 2.75) is 102 Å². The lowest BCUT2D eigenvalue weighted by atomic mass is 10.1. The zero-order chi connectivity index (χ0) is 25.0. The van der Waals surface area contributed by atoms with Crippen LogP contribution in [0.5, 0.6) is 0 Å². The number of nitrogens with two attached hydrogens (primary N) is 1. The number of hydrogen-bond acceptors (Lipinski definition) is 8. The quantitative estimate of drug-likeness (QED) is 0.577. The van der Waals surface area contributed by atoms with Crippen molar-refractivity contribution in [2.75, 3.05) is 12.3 Å². The second-order valence-corrected chi connectivity index (χ2v) is 19.7. The molecule has 2 aliphatic heterocycles. The van der Waals surface area contributed by atoms with E-state index in [9.17, 15) is 5.11 Å². The number of aliphatic hydroxyl groups excluding tert-OH is 1. The molecule has 0 radical (unpaired) electrons. The Labute approximate surface area is 204 Å². The Morgan fingerprint density at radius 2 is 1.62 bits per heavy atom. The number of nitrogen functional groups attached to an aromatic ring is 1. The maximum Gasteiger partial charge on any atom is 0.335 e. The van der Waals surface area contributed by atoms with Gasteiger partial charge in [-0.2, -0.15) is 0 Å². The van der Waals surface area contributed by atoms with Gasteiger partial charge in [-0.1, -0.05) is 55.4 Å². The Morgan fingerprint density at radius 3 is 2.21 bits per heavy atom. The van der Waals surface area contributed by atoms with Gasteiger partial charge in [0.2, 0.25) is 0 Å². The molecule has 3 N–H and O–H groups in total. The van der Waals surface area contributed by atoms with E-state index in [0.717, 1.165) is 5.39 Å². The first kappa shape index (κ1) is 25.7. The third-order valence-electron chi connectivity index (χ3n) is 7.46. The third-order valence-corrected chi connectivity index (χ3v) is 17.7. The summed E-state index contributed by atoms with van der Waals surface area (Å²) >= 11 is 0. The molecule has 0 spiro atoms. The second-order valence-electron chi connectivity index (χ2n) is 10.8. The van der Waals surface area contributed by atoms with Gasteiger partial charge in [-0.05, 0) is 28.2 Å². The van der Waals surface area contributed by atoms with E-state index in [1.165, 1.54) is 6.33 Å². The molecule has 2 aromatic heterocycles. The SMILES string of the molecule is CC(C)[Si]1(C(C)C)OC[C@H]2OC(n3ccc4c(N)ncnc43)[C@H](O)[C@@H]2O[Si](C(C)C)(C(C)C)O1. The first-order valence-corrected chi connectivity index (χ1v) is 16.3. The molecule has 2 aliphatic rings. The lowest BCUT2D eigenvalue weighted by Crippen LogP contribution is -2.65. The average molecular weight is 509 g/mol. The smallest absolute Gasteiger partial charge is 0.335 e. The van der Waals surface area contributed by atoms with Crippen molar-refractivity contribution in [3.05, 3.63) is 18.6 Å². The predicted octanol–water partition coefficient (Wildman–Crippen LogP) is 4.23. The molecule has 0 saturated carbocycles. The topological polar surface area (TPSA) is 114 Å². The van der Waals surface area contributed by atoms with Crippen LogP contribution in [0.2, 0.25) is 22.2 Å². The molecule has 0 bridgehead atoms. The molecule has 0 aliphatic carbocycles. The van der Waals surface area contributed by atoms with Crippen LogP contribution in [-0.4, -0.2) is 61.7 Å². The number of aliphatic hydroxyl groups is 1. The van der Waals surface area contributed by atoms with Crippen LogP contribution in [0, 0.1) is 0 Å². The molecule has 190 valence electrons. The highest BCUT2D eigenvalue weighted by Gasteiger charge is 2.61. The summed E-state index contributed by atoms with van der Waals surface area (Å²) in [5.74, 6) is 0.394. The van der Waals surface area contributed by atoms with Crippen molar-refractivity contribution in [3.8, 4) is 0 Å². The first-order chi connectivity index (χ1) is 15.9. The lowest BCUT2D eigenvalue weighted by molar-refractivity contribution is -0.0568. The molecule has 4 rings (SSSR count). The molecule has 0 aromatic carbocycles. The van der Waals surface area contributed by atoms with Gasteiger partial charge in [0.15, 0.2) is 6.23 Å². The number of nitrogens with zero attached hydrogens (tertiary/aromatic N) is 3. The number of aromatic nitrogens is 3. The van der Waals surface area contributed by atoms with E-state index in [4.69, 9.17) is 23.4 Å². The minimum Gasteiger partial charge on any atom is -0.414 e. The number of ether oxygens (including phenoxy) is 1. The average Bonchev–Trinajstić information content (AvgIpc) is 3.29. The second kappa shape index (κ2) is 9.27. The molecule has 2 aromatic rings. The maximum absolute atomic E-state index is 11.5. The lowest BCUT2D eigenvalue weighted by Gasteiger charge is -2.51. The number of hydrogen-bond donors (Lipinski definition) is 2. The van der Waals surface area contributed by atoms with Crippen LogP contribution < -0.4 is 5.73 Å². The molecule has 11 heteroatoms. The van der Waals surface area contributed by atoms with E-state index >= 15 is 0 Å². The zero-order valence-electron chi connectivity index (χ0n) is 21.6. The molecule has 9 nitrogen and oxygen atoms in total. The highest BCUT2D eigenvalue weighted by atomic mass is 28.5. The van der Waals surface area contributed by atoms with E-state index in [-0.39, 0.29) is 22.2 Å². The van der Waals surface area contributed by atoms with Crippen molar-refractivity contribution in [2.24, 2.45) is 0 Å². The summed E-state index contributed by atoms with van der Waals surface area (Å²) in [5.41, 5.74) is 7.48. The molecule has 4 atom stereocenters. The van der Waals surface area contributed by atoms with Gasteiger partial charge < -0.3 is 33.1 Å². The zero-order valence-corrected chi connectivity index (χ0v) is 23.6. The van der Waals surface area contributed by atoms with Gasteiger partial charge in [0.25, 0.3) is 0 Å². The van der Waals surface area contributed by atoms with Crippen molar-refractivity contribution in [3.63, 3.8) is 0 Å². The highest BCUT2D eigenvalue weighted by molar-refractivity contribution is 6.84. The normalized spacial score (nSPS) is 29.2. The van der Waals surface area contributed by atoms with Gasteiger partial charge in [0.1, 0.15) is 36.1 Å². The first-order valence-electron chi connectivity index (χ1n) is 12.4. The van der Waals surface area contributed by atoms with Crippen molar-refractivity contribution < 1.29 is 22.8 Å². The van der Waals surface area contributed by atoms with E-state index in [2.05, 4.69) is 65.4 Å². The molecule has 1 unspecified atom stereocenters. The Kier molecular flexibility index (Phi) is 7.02. The maximum atomic E-state index is 11.5. The van der Waals surface area contributed by atoms with Crippen LogP contribution in [0.25, 0.3) is 11.0 Å². The molecular formula is C23H40N4O5Si2. The summed E-state index contributed by atoms with van der Waals surface area (Å²) in [6.45, 7) is 17.7. The third kappa shape index (κ3) is 3.95. The molecular weight excluding hydrogens is 468 g/mol. The van der Waals surface area contributed by atoms with Crippen molar-refractivity contribution >= 4 is 34.0 Å². The molecule has 34 heavy (non-hydrogen) atoms. The monoisotopic (exact) mass is 508 g/mol. The van der Waals surface area contributed by atoms with Gasteiger partial charge in [-0.3, -0.25) is 0 Å². The van der Waals surface area contributed by atoms with E-state index < -0.39 is 41.7 Å². The van der Waals surface area contributed by atoms with Gasteiger partial charge in [0, 0.05) is 6.20 Å². The minimum atomic E-state index is -2.84. The molecule has 0 amide bonds. The van der Waals surface area contributed by atoms with Gasteiger partial charge >= 0.3 is 17.1 Å². The molecule has 2 fully saturated rings. The summed E-state index contributed by atoms with van der Waals surface area (Å²) in [5, 5.41) is 12.2. The summed E-state index contributed by atoms with van der Waals surface area (Å²) < 4.78 is 29.2. The summed E-state index contributed by atoms with van der Waals surface area (Å²) in [6.07, 6.45) is 0.673. The number of fused-ring (bicyclic) bond motifs is 2. The fraction of sp³-hybridized carbons (Fsp3) is 0.739. The molecule has 4 heterocycles. The van der Waals surface area contributed by atoms with E-state index in [1.54, 1.807) is 0 Å². The summed E-state index contributed by atoms with van der Waals surface area (Å²) in [6, 6.07) is 1.85. The van der Waals surface area contributed by atoms with E-state index in [0.29, 0.717) is 18.1 Å². The molecule has 2 saturated heterocycles. The summed E-state index contributed by atoms with van der Waals surface area (Å²) in [7, 11) is -5.51. The van der Waals surface area contributed by atoms with Gasteiger partial charge in [-0.15, -0.1) is 0 Å². The van der Waals surface area contributed by atoms with Crippen LogP contribution in [0.4, 0.5) is 5.82 Å². The Balaban J connectivity index is 1.77. The predicted molar refractivity (Wildman–Crippen MR) is 136 cm³/mol. The van der Waals surface area contributed by atoms with Crippen molar-refractivity contribution in [1.82, 2.24) is 14.5 Å². The van der Waals surface area contributed by atoms with Gasteiger partial charge in [-0.25, -0.2) is 9.97 Å².